The lowest BCUT2D eigenvalue weighted by Gasteiger charge is -2.07. The summed E-state index contributed by atoms with van der Waals surface area (Å²) < 4.78 is 25.7. The van der Waals surface area contributed by atoms with Crippen molar-refractivity contribution in [3.63, 3.8) is 0 Å². The first kappa shape index (κ1) is 13.8. The van der Waals surface area contributed by atoms with E-state index in [1.165, 1.54) is 6.07 Å². The number of hydrogen-bond acceptors (Lipinski definition) is 1. The van der Waals surface area contributed by atoms with E-state index in [1.54, 1.807) is 6.07 Å². The van der Waals surface area contributed by atoms with Crippen LogP contribution in [0.4, 0.5) is 8.78 Å². The van der Waals surface area contributed by atoms with E-state index in [0.29, 0.717) is 11.5 Å². The minimum atomic E-state index is -0.808. The third-order valence-corrected chi connectivity index (χ3v) is 2.31. The lowest BCUT2D eigenvalue weighted by Crippen LogP contribution is -2.21. The van der Waals surface area contributed by atoms with Crippen LogP contribution >= 0.6 is 0 Å². The molecule has 0 aliphatic rings. The zero-order valence-electron chi connectivity index (χ0n) is 10.6. The second-order valence-electron chi connectivity index (χ2n) is 4.69. The Labute approximate surface area is 102 Å². The highest BCUT2D eigenvalue weighted by molar-refractivity contribution is 5.52. The fourth-order valence-electron chi connectivity index (χ4n) is 1.50. The molecule has 0 spiro atoms. The second kappa shape index (κ2) is 6.50. The van der Waals surface area contributed by atoms with Crippen LogP contribution in [0.3, 0.4) is 0 Å². The van der Waals surface area contributed by atoms with E-state index < -0.39 is 11.6 Å². The Morgan fingerprint density at radius 1 is 1.29 bits per heavy atom. The maximum absolute atomic E-state index is 13.0. The van der Waals surface area contributed by atoms with Crippen molar-refractivity contribution in [1.82, 2.24) is 5.32 Å². The molecule has 0 aliphatic heterocycles. The summed E-state index contributed by atoms with van der Waals surface area (Å²) in [5.41, 5.74) is 1.78. The first-order valence-electron chi connectivity index (χ1n) is 5.82. The summed E-state index contributed by atoms with van der Waals surface area (Å²) in [4.78, 5) is 0. The van der Waals surface area contributed by atoms with Crippen molar-refractivity contribution in [3.05, 3.63) is 41.0 Å². The zero-order chi connectivity index (χ0) is 12.8. The summed E-state index contributed by atoms with van der Waals surface area (Å²) in [5.74, 6) is -1.01. The third-order valence-electron chi connectivity index (χ3n) is 2.31. The monoisotopic (exact) mass is 239 g/mol. The van der Waals surface area contributed by atoms with Crippen molar-refractivity contribution in [2.45, 2.75) is 20.8 Å². The van der Waals surface area contributed by atoms with Gasteiger partial charge in [-0.25, -0.2) is 8.78 Å². The van der Waals surface area contributed by atoms with Gasteiger partial charge in [-0.15, -0.1) is 0 Å². The van der Waals surface area contributed by atoms with Crippen LogP contribution in [0.15, 0.2) is 23.8 Å². The summed E-state index contributed by atoms with van der Waals surface area (Å²) in [6.45, 7) is 7.96. The van der Waals surface area contributed by atoms with Crippen molar-refractivity contribution in [3.8, 4) is 0 Å². The highest BCUT2D eigenvalue weighted by atomic mass is 19.2. The molecule has 0 heterocycles. The van der Waals surface area contributed by atoms with Gasteiger partial charge in [0, 0.05) is 6.54 Å². The van der Waals surface area contributed by atoms with Gasteiger partial charge in [0.25, 0.3) is 0 Å². The van der Waals surface area contributed by atoms with Crippen LogP contribution in [0.2, 0.25) is 0 Å². The molecule has 3 heteroatoms. The Morgan fingerprint density at radius 2 is 2.00 bits per heavy atom. The molecule has 0 aromatic heterocycles. The molecule has 1 aromatic carbocycles. The Kier molecular flexibility index (Phi) is 5.29. The molecule has 0 aliphatic carbocycles. The van der Waals surface area contributed by atoms with E-state index in [-0.39, 0.29) is 0 Å². The van der Waals surface area contributed by atoms with Crippen molar-refractivity contribution < 1.29 is 8.78 Å². The van der Waals surface area contributed by atoms with E-state index in [9.17, 15) is 8.78 Å². The molecule has 0 fully saturated rings. The smallest absolute Gasteiger partial charge is 0.159 e. The topological polar surface area (TPSA) is 12.0 Å². The molecule has 94 valence electrons. The molecule has 0 amide bonds. The Morgan fingerprint density at radius 3 is 2.59 bits per heavy atom. The third kappa shape index (κ3) is 5.09. The van der Waals surface area contributed by atoms with Crippen LogP contribution < -0.4 is 5.32 Å². The lowest BCUT2D eigenvalue weighted by molar-refractivity contribution is 0.508. The summed E-state index contributed by atoms with van der Waals surface area (Å²) in [5, 5.41) is 3.29. The van der Waals surface area contributed by atoms with Gasteiger partial charge in [0.15, 0.2) is 11.6 Å². The maximum Gasteiger partial charge on any atom is 0.159 e. The SMILES string of the molecule is CC(=Cc1ccc(F)c(F)c1)CNCC(C)C. The van der Waals surface area contributed by atoms with Crippen LogP contribution in [0, 0.1) is 17.6 Å². The minimum absolute atomic E-state index is 0.603. The number of halogens is 2. The van der Waals surface area contributed by atoms with Crippen molar-refractivity contribution >= 4 is 6.08 Å². The van der Waals surface area contributed by atoms with Gasteiger partial charge in [0.2, 0.25) is 0 Å². The van der Waals surface area contributed by atoms with E-state index in [4.69, 9.17) is 0 Å². The minimum Gasteiger partial charge on any atom is -0.313 e. The van der Waals surface area contributed by atoms with Gasteiger partial charge < -0.3 is 5.32 Å². The molecule has 0 radical (unpaired) electrons. The molecule has 0 unspecified atom stereocenters. The Bertz CT molecular complexity index is 397. The number of benzene rings is 1. The van der Waals surface area contributed by atoms with Crippen molar-refractivity contribution in [2.75, 3.05) is 13.1 Å². The molecule has 17 heavy (non-hydrogen) atoms. The van der Waals surface area contributed by atoms with E-state index >= 15 is 0 Å². The van der Waals surface area contributed by atoms with Crippen LogP contribution in [0.1, 0.15) is 26.3 Å². The Hall–Kier alpha value is -1.22. The molecular weight excluding hydrogens is 220 g/mol. The van der Waals surface area contributed by atoms with Crippen molar-refractivity contribution in [2.24, 2.45) is 5.92 Å². The predicted octanol–water partition coefficient (Wildman–Crippen LogP) is 3.61. The van der Waals surface area contributed by atoms with Gasteiger partial charge in [-0.3, -0.25) is 0 Å². The lowest BCUT2D eigenvalue weighted by atomic mass is 10.1. The average Bonchev–Trinajstić information content (AvgIpc) is 2.23. The number of rotatable bonds is 5. The van der Waals surface area contributed by atoms with Crippen LogP contribution in [-0.4, -0.2) is 13.1 Å². The molecule has 0 saturated heterocycles. The molecule has 1 N–H and O–H groups in total. The van der Waals surface area contributed by atoms with E-state index in [1.807, 2.05) is 13.0 Å². The average molecular weight is 239 g/mol. The van der Waals surface area contributed by atoms with Crippen LogP contribution in [-0.2, 0) is 0 Å². The fraction of sp³-hybridized carbons (Fsp3) is 0.429. The molecule has 0 bridgehead atoms. The van der Waals surface area contributed by atoms with Gasteiger partial charge in [-0.1, -0.05) is 31.6 Å². The fourth-order valence-corrected chi connectivity index (χ4v) is 1.50. The van der Waals surface area contributed by atoms with E-state index in [0.717, 1.165) is 24.7 Å². The van der Waals surface area contributed by atoms with Crippen LogP contribution in [0.5, 0.6) is 0 Å². The molecular formula is C14H19F2N. The van der Waals surface area contributed by atoms with Crippen molar-refractivity contribution in [1.29, 1.82) is 0 Å². The summed E-state index contributed by atoms with van der Waals surface area (Å²) in [7, 11) is 0. The normalized spacial score (nSPS) is 12.2. The summed E-state index contributed by atoms with van der Waals surface area (Å²) >= 11 is 0. The van der Waals surface area contributed by atoms with Gasteiger partial charge in [0.05, 0.1) is 0 Å². The quantitative estimate of drug-likeness (QED) is 0.827. The van der Waals surface area contributed by atoms with Gasteiger partial charge in [0.1, 0.15) is 0 Å². The molecule has 1 rings (SSSR count). The molecule has 0 atom stereocenters. The number of nitrogens with one attached hydrogen (secondary N) is 1. The van der Waals surface area contributed by atoms with E-state index in [2.05, 4.69) is 19.2 Å². The second-order valence-corrected chi connectivity index (χ2v) is 4.69. The van der Waals surface area contributed by atoms with Crippen LogP contribution in [0.25, 0.3) is 6.08 Å². The summed E-state index contributed by atoms with van der Waals surface area (Å²) in [6, 6.07) is 3.93. The molecule has 1 aromatic rings. The maximum atomic E-state index is 13.0. The highest BCUT2D eigenvalue weighted by Gasteiger charge is 2.01. The molecule has 1 nitrogen and oxygen atoms in total. The summed E-state index contributed by atoms with van der Waals surface area (Å²) in [6.07, 6.45) is 1.86. The van der Waals surface area contributed by atoms with Gasteiger partial charge in [-0.2, -0.15) is 0 Å². The zero-order valence-corrected chi connectivity index (χ0v) is 10.6. The molecule has 0 saturated carbocycles. The standard InChI is InChI=1S/C14H19F2N/c1-10(2)8-17-9-11(3)6-12-4-5-13(15)14(16)7-12/h4-7,10,17H,8-9H2,1-3H3. The highest BCUT2D eigenvalue weighted by Crippen LogP contribution is 2.11. The Balaban J connectivity index is 2.58. The first-order valence-corrected chi connectivity index (χ1v) is 5.82. The number of hydrogen-bond donors (Lipinski definition) is 1. The predicted molar refractivity (Wildman–Crippen MR) is 67.7 cm³/mol. The first-order chi connectivity index (χ1) is 7.99. The van der Waals surface area contributed by atoms with Gasteiger partial charge in [-0.05, 0) is 37.1 Å². The largest absolute Gasteiger partial charge is 0.313 e. The van der Waals surface area contributed by atoms with Gasteiger partial charge >= 0.3 is 0 Å².